The second kappa shape index (κ2) is 8.04. The van der Waals surface area contributed by atoms with Gasteiger partial charge in [0.2, 0.25) is 11.8 Å². The van der Waals surface area contributed by atoms with Gasteiger partial charge in [-0.05, 0) is 53.8 Å². The molecule has 26 heavy (non-hydrogen) atoms. The molecule has 1 N–H and O–H groups in total. The normalized spacial score (nSPS) is 13.1. The number of rotatable bonds is 5. The summed E-state index contributed by atoms with van der Waals surface area (Å²) in [5, 5.41) is 2.96. The maximum Gasteiger partial charge on any atom is 0.224 e. The van der Waals surface area contributed by atoms with E-state index in [-0.39, 0.29) is 11.8 Å². The highest BCUT2D eigenvalue weighted by atomic mass is 16.5. The summed E-state index contributed by atoms with van der Waals surface area (Å²) >= 11 is 0. The number of ether oxygens (including phenoxy) is 1. The van der Waals surface area contributed by atoms with Gasteiger partial charge in [-0.1, -0.05) is 18.2 Å². The zero-order chi connectivity index (χ0) is 18.5. The Balaban J connectivity index is 1.57. The Bertz CT molecular complexity index is 799. The molecule has 1 heterocycles. The first kappa shape index (κ1) is 18.0. The summed E-state index contributed by atoms with van der Waals surface area (Å²) in [7, 11) is 1.64. The number of benzene rings is 2. The minimum Gasteiger partial charge on any atom is -0.497 e. The Hall–Kier alpha value is -2.82. The molecule has 2 amide bonds. The number of carbonyl (C=O) groups is 2. The molecule has 0 saturated carbocycles. The largest absolute Gasteiger partial charge is 0.497 e. The summed E-state index contributed by atoms with van der Waals surface area (Å²) in [6.07, 6.45) is 1.96. The van der Waals surface area contributed by atoms with Crippen LogP contribution in [0.5, 0.6) is 5.75 Å². The average Bonchev–Trinajstić information content (AvgIpc) is 2.66. The van der Waals surface area contributed by atoms with E-state index in [1.807, 2.05) is 47.4 Å². The Labute approximate surface area is 154 Å². The lowest BCUT2D eigenvalue weighted by Crippen LogP contribution is -2.34. The van der Waals surface area contributed by atoms with E-state index in [1.54, 1.807) is 14.0 Å². The molecule has 2 aromatic rings. The molecule has 1 aliphatic heterocycles. The lowest BCUT2D eigenvalue weighted by atomic mass is 9.99. The monoisotopic (exact) mass is 352 g/mol. The first-order valence-corrected chi connectivity index (χ1v) is 8.85. The van der Waals surface area contributed by atoms with E-state index in [0.717, 1.165) is 35.5 Å². The van der Waals surface area contributed by atoms with Crippen LogP contribution >= 0.6 is 0 Å². The standard InChI is InChI=1S/C21H24N2O3/c1-15(24)23-12-11-17-6-7-19(13-18(17)14-23)22-21(25)10-5-16-3-8-20(26-2)9-4-16/h3-4,6-9,13H,5,10-12,14H2,1-2H3,(H,22,25). The molecule has 3 rings (SSSR count). The molecule has 0 saturated heterocycles. The third-order valence-electron chi connectivity index (χ3n) is 4.75. The first-order chi connectivity index (χ1) is 12.5. The molecule has 5 heteroatoms. The van der Waals surface area contributed by atoms with Crippen LogP contribution in [0.2, 0.25) is 0 Å². The molecular weight excluding hydrogens is 328 g/mol. The van der Waals surface area contributed by atoms with Gasteiger partial charge in [0, 0.05) is 32.1 Å². The topological polar surface area (TPSA) is 58.6 Å². The predicted octanol–water partition coefficient (Wildman–Crippen LogP) is 3.17. The molecule has 0 aromatic heterocycles. The van der Waals surface area contributed by atoms with Crippen molar-refractivity contribution in [2.75, 3.05) is 19.0 Å². The fourth-order valence-corrected chi connectivity index (χ4v) is 3.18. The average molecular weight is 352 g/mol. The van der Waals surface area contributed by atoms with Gasteiger partial charge in [-0.3, -0.25) is 9.59 Å². The summed E-state index contributed by atoms with van der Waals surface area (Å²) in [6, 6.07) is 13.7. The molecule has 0 radical (unpaired) electrons. The molecule has 1 aliphatic rings. The van der Waals surface area contributed by atoms with E-state index in [4.69, 9.17) is 4.74 Å². The maximum atomic E-state index is 12.2. The molecule has 0 bridgehead atoms. The number of amides is 2. The van der Waals surface area contributed by atoms with E-state index in [9.17, 15) is 9.59 Å². The number of hydrogen-bond donors (Lipinski definition) is 1. The summed E-state index contributed by atoms with van der Waals surface area (Å²) in [5.74, 6) is 0.886. The van der Waals surface area contributed by atoms with Crippen molar-refractivity contribution in [2.24, 2.45) is 0 Å². The minimum absolute atomic E-state index is 0.0139. The predicted molar refractivity (Wildman–Crippen MR) is 101 cm³/mol. The Morgan fingerprint density at radius 2 is 1.88 bits per heavy atom. The number of carbonyl (C=O) groups excluding carboxylic acids is 2. The quantitative estimate of drug-likeness (QED) is 0.899. The van der Waals surface area contributed by atoms with Crippen LogP contribution in [0.25, 0.3) is 0 Å². The Morgan fingerprint density at radius 3 is 2.58 bits per heavy atom. The number of anilines is 1. The van der Waals surface area contributed by atoms with Crippen molar-refractivity contribution in [1.29, 1.82) is 0 Å². The lowest BCUT2D eigenvalue weighted by Gasteiger charge is -2.28. The van der Waals surface area contributed by atoms with Crippen molar-refractivity contribution in [2.45, 2.75) is 32.7 Å². The van der Waals surface area contributed by atoms with Gasteiger partial charge in [0.15, 0.2) is 0 Å². The molecular formula is C21H24N2O3. The van der Waals surface area contributed by atoms with E-state index in [0.29, 0.717) is 19.4 Å². The second-order valence-electron chi connectivity index (χ2n) is 6.57. The van der Waals surface area contributed by atoms with Gasteiger partial charge in [0.05, 0.1) is 7.11 Å². The summed E-state index contributed by atoms with van der Waals surface area (Å²) < 4.78 is 5.14. The number of aryl methyl sites for hydroxylation is 1. The Kier molecular flexibility index (Phi) is 5.56. The molecule has 0 fully saturated rings. The molecule has 0 aliphatic carbocycles. The summed E-state index contributed by atoms with van der Waals surface area (Å²) in [5.41, 5.74) is 4.25. The smallest absolute Gasteiger partial charge is 0.224 e. The van der Waals surface area contributed by atoms with Gasteiger partial charge in [-0.25, -0.2) is 0 Å². The van der Waals surface area contributed by atoms with Crippen molar-refractivity contribution in [1.82, 2.24) is 4.90 Å². The van der Waals surface area contributed by atoms with Crippen LogP contribution in [-0.2, 0) is 29.0 Å². The first-order valence-electron chi connectivity index (χ1n) is 8.85. The molecule has 0 spiro atoms. The molecule has 2 aromatic carbocycles. The van der Waals surface area contributed by atoms with Crippen LogP contribution in [0.4, 0.5) is 5.69 Å². The minimum atomic E-state index is -0.0139. The van der Waals surface area contributed by atoms with E-state index in [2.05, 4.69) is 5.32 Å². The number of methoxy groups -OCH3 is 1. The van der Waals surface area contributed by atoms with Crippen molar-refractivity contribution in [3.05, 3.63) is 59.2 Å². The van der Waals surface area contributed by atoms with Gasteiger partial charge in [0.25, 0.3) is 0 Å². The second-order valence-corrected chi connectivity index (χ2v) is 6.57. The number of hydrogen-bond acceptors (Lipinski definition) is 3. The van der Waals surface area contributed by atoms with E-state index in [1.165, 1.54) is 5.56 Å². The van der Waals surface area contributed by atoms with Gasteiger partial charge < -0.3 is 15.0 Å². The maximum absolute atomic E-state index is 12.2. The summed E-state index contributed by atoms with van der Waals surface area (Å²) in [6.45, 7) is 2.96. The highest BCUT2D eigenvalue weighted by Crippen LogP contribution is 2.23. The highest BCUT2D eigenvalue weighted by molar-refractivity contribution is 5.91. The van der Waals surface area contributed by atoms with Crippen LogP contribution in [0.1, 0.15) is 30.0 Å². The van der Waals surface area contributed by atoms with Crippen molar-refractivity contribution < 1.29 is 14.3 Å². The fraction of sp³-hybridized carbons (Fsp3) is 0.333. The van der Waals surface area contributed by atoms with E-state index >= 15 is 0 Å². The summed E-state index contributed by atoms with van der Waals surface area (Å²) in [4.78, 5) is 25.7. The van der Waals surface area contributed by atoms with Crippen LogP contribution in [0.3, 0.4) is 0 Å². The Morgan fingerprint density at radius 1 is 1.12 bits per heavy atom. The van der Waals surface area contributed by atoms with Crippen LogP contribution in [0.15, 0.2) is 42.5 Å². The van der Waals surface area contributed by atoms with Gasteiger partial charge >= 0.3 is 0 Å². The fourth-order valence-electron chi connectivity index (χ4n) is 3.18. The molecule has 136 valence electrons. The zero-order valence-electron chi connectivity index (χ0n) is 15.2. The SMILES string of the molecule is COc1ccc(CCC(=O)Nc2ccc3c(c2)CN(C(C)=O)CC3)cc1. The molecule has 5 nitrogen and oxygen atoms in total. The zero-order valence-corrected chi connectivity index (χ0v) is 15.2. The van der Waals surface area contributed by atoms with E-state index < -0.39 is 0 Å². The van der Waals surface area contributed by atoms with Crippen molar-refractivity contribution in [3.8, 4) is 5.75 Å². The van der Waals surface area contributed by atoms with Crippen LogP contribution in [0, 0.1) is 0 Å². The van der Waals surface area contributed by atoms with Gasteiger partial charge in [-0.2, -0.15) is 0 Å². The highest BCUT2D eigenvalue weighted by Gasteiger charge is 2.18. The lowest BCUT2D eigenvalue weighted by molar-refractivity contribution is -0.129. The van der Waals surface area contributed by atoms with Gasteiger partial charge in [0.1, 0.15) is 5.75 Å². The molecule has 0 unspecified atom stereocenters. The van der Waals surface area contributed by atoms with Crippen molar-refractivity contribution in [3.63, 3.8) is 0 Å². The van der Waals surface area contributed by atoms with Gasteiger partial charge in [-0.15, -0.1) is 0 Å². The van der Waals surface area contributed by atoms with Crippen molar-refractivity contribution >= 4 is 17.5 Å². The third-order valence-corrected chi connectivity index (χ3v) is 4.75. The third kappa shape index (κ3) is 4.42. The molecule has 0 atom stereocenters. The number of fused-ring (bicyclic) bond motifs is 1. The van der Waals surface area contributed by atoms with Crippen LogP contribution < -0.4 is 10.1 Å². The number of nitrogens with zero attached hydrogens (tertiary/aromatic N) is 1. The van der Waals surface area contributed by atoms with Crippen LogP contribution in [-0.4, -0.2) is 30.4 Å². The number of nitrogens with one attached hydrogen (secondary N) is 1.